The van der Waals surface area contributed by atoms with Crippen LogP contribution in [0.3, 0.4) is 0 Å². The Labute approximate surface area is 133 Å². The zero-order valence-corrected chi connectivity index (χ0v) is 13.2. The summed E-state index contributed by atoms with van der Waals surface area (Å²) < 4.78 is 15.9. The van der Waals surface area contributed by atoms with E-state index < -0.39 is 18.2 Å². The molecular weight excluding hydrogens is 306 g/mol. The van der Waals surface area contributed by atoms with Gasteiger partial charge in [-0.1, -0.05) is 0 Å². The Kier molecular flexibility index (Phi) is 4.90. The normalized spacial score (nSPS) is 23.8. The molecule has 3 N–H and O–H groups in total. The van der Waals surface area contributed by atoms with Crippen LogP contribution in [0.25, 0.3) is 0 Å². The van der Waals surface area contributed by atoms with Crippen LogP contribution >= 0.6 is 12.2 Å². The zero-order valence-electron chi connectivity index (χ0n) is 12.4. The molecule has 0 unspecified atom stereocenters. The zero-order chi connectivity index (χ0) is 16.3. The predicted molar refractivity (Wildman–Crippen MR) is 82.8 cm³/mol. The highest BCUT2D eigenvalue weighted by molar-refractivity contribution is 7.80. The van der Waals surface area contributed by atoms with E-state index in [0.717, 1.165) is 0 Å². The van der Waals surface area contributed by atoms with Gasteiger partial charge >= 0.3 is 0 Å². The molecule has 0 aromatic heterocycles. The summed E-state index contributed by atoms with van der Waals surface area (Å²) in [4.78, 5) is 0. The summed E-state index contributed by atoms with van der Waals surface area (Å²) in [6.07, 6.45) is -1.05. The Morgan fingerprint density at radius 3 is 2.18 bits per heavy atom. The van der Waals surface area contributed by atoms with E-state index in [-0.39, 0.29) is 5.11 Å². The van der Waals surface area contributed by atoms with Gasteiger partial charge in [-0.25, -0.2) is 0 Å². The van der Waals surface area contributed by atoms with Crippen molar-refractivity contribution in [3.63, 3.8) is 0 Å². The minimum Gasteiger partial charge on any atom is -0.493 e. The summed E-state index contributed by atoms with van der Waals surface area (Å²) in [5.74, 6) is 0.664. The van der Waals surface area contributed by atoms with Crippen LogP contribution in [0, 0.1) is 17.2 Å². The number of hydrogen-bond donors (Lipinski definition) is 3. The third-order valence-corrected chi connectivity index (χ3v) is 3.70. The lowest BCUT2D eigenvalue weighted by molar-refractivity contribution is 0.0895. The number of ether oxygens (including phenoxy) is 3. The van der Waals surface area contributed by atoms with Gasteiger partial charge in [0, 0.05) is 0 Å². The average molecular weight is 323 g/mol. The van der Waals surface area contributed by atoms with E-state index in [0.29, 0.717) is 22.8 Å². The van der Waals surface area contributed by atoms with Gasteiger partial charge in [-0.15, -0.1) is 0 Å². The molecule has 1 aliphatic rings. The van der Waals surface area contributed by atoms with E-state index >= 15 is 0 Å². The lowest BCUT2D eigenvalue weighted by Gasteiger charge is -2.35. The number of nitrogens with one attached hydrogen (secondary N) is 2. The average Bonchev–Trinajstić information content (AvgIpc) is 2.52. The number of aliphatic hydroxyl groups is 1. The molecule has 1 heterocycles. The Bertz CT molecular complexity index is 592. The molecule has 0 radical (unpaired) electrons. The van der Waals surface area contributed by atoms with Gasteiger partial charge in [-0.3, -0.25) is 0 Å². The van der Waals surface area contributed by atoms with Crippen LogP contribution in [0.4, 0.5) is 0 Å². The van der Waals surface area contributed by atoms with Crippen molar-refractivity contribution in [2.45, 2.75) is 12.3 Å². The van der Waals surface area contributed by atoms with Crippen LogP contribution in [0.1, 0.15) is 11.6 Å². The number of nitrogens with zero attached hydrogens (tertiary/aromatic N) is 1. The lowest BCUT2D eigenvalue weighted by atomic mass is 9.90. The first-order valence-corrected chi connectivity index (χ1v) is 6.91. The SMILES string of the molecule is COc1cc([C@@H]2NC(=S)N[C@@H](O)[C@@H]2C#N)cc(OC)c1OC. The van der Waals surface area contributed by atoms with E-state index in [1.54, 1.807) is 12.1 Å². The van der Waals surface area contributed by atoms with E-state index in [4.69, 9.17) is 26.4 Å². The highest BCUT2D eigenvalue weighted by Crippen LogP contribution is 2.41. The van der Waals surface area contributed by atoms with E-state index in [9.17, 15) is 10.4 Å². The van der Waals surface area contributed by atoms with Crippen molar-refractivity contribution in [2.24, 2.45) is 5.92 Å². The minimum atomic E-state index is -1.05. The lowest BCUT2D eigenvalue weighted by Crippen LogP contribution is -2.55. The molecule has 1 aromatic rings. The maximum absolute atomic E-state index is 9.98. The van der Waals surface area contributed by atoms with Crippen molar-refractivity contribution >= 4 is 17.3 Å². The van der Waals surface area contributed by atoms with Gasteiger partial charge in [0.2, 0.25) is 5.75 Å². The van der Waals surface area contributed by atoms with E-state index in [1.807, 2.05) is 0 Å². The molecule has 0 amide bonds. The fourth-order valence-electron chi connectivity index (χ4n) is 2.40. The number of methoxy groups -OCH3 is 3. The Morgan fingerprint density at radius 2 is 1.73 bits per heavy atom. The molecule has 1 aliphatic heterocycles. The van der Waals surface area contributed by atoms with E-state index in [2.05, 4.69) is 16.7 Å². The van der Waals surface area contributed by atoms with Crippen molar-refractivity contribution in [2.75, 3.05) is 21.3 Å². The molecule has 118 valence electrons. The largest absolute Gasteiger partial charge is 0.493 e. The van der Waals surface area contributed by atoms with Gasteiger partial charge < -0.3 is 30.0 Å². The maximum Gasteiger partial charge on any atom is 0.203 e. The molecule has 0 spiro atoms. The molecule has 1 fully saturated rings. The van der Waals surface area contributed by atoms with E-state index in [1.165, 1.54) is 21.3 Å². The fraction of sp³-hybridized carbons (Fsp3) is 0.429. The van der Waals surface area contributed by atoms with Crippen LogP contribution in [-0.4, -0.2) is 37.8 Å². The van der Waals surface area contributed by atoms with Gasteiger partial charge in [0.1, 0.15) is 12.1 Å². The van der Waals surface area contributed by atoms with Crippen molar-refractivity contribution in [3.05, 3.63) is 17.7 Å². The van der Waals surface area contributed by atoms with Gasteiger partial charge in [-0.2, -0.15) is 5.26 Å². The maximum atomic E-state index is 9.98. The smallest absolute Gasteiger partial charge is 0.203 e. The summed E-state index contributed by atoms with van der Waals surface area (Å²) in [6, 6.07) is 5.03. The van der Waals surface area contributed by atoms with Crippen LogP contribution in [-0.2, 0) is 0 Å². The first kappa shape index (κ1) is 16.1. The number of nitriles is 1. The molecule has 2 rings (SSSR count). The second-order valence-corrected chi connectivity index (χ2v) is 5.06. The molecule has 3 atom stereocenters. The predicted octanol–water partition coefficient (Wildman–Crippen LogP) is 0.689. The third kappa shape index (κ3) is 2.86. The minimum absolute atomic E-state index is 0.276. The quantitative estimate of drug-likeness (QED) is 0.697. The van der Waals surface area contributed by atoms with Crippen molar-refractivity contribution in [1.82, 2.24) is 10.6 Å². The second-order valence-electron chi connectivity index (χ2n) is 4.65. The van der Waals surface area contributed by atoms with Crippen LogP contribution < -0.4 is 24.8 Å². The number of benzene rings is 1. The van der Waals surface area contributed by atoms with Gasteiger partial charge in [0.25, 0.3) is 0 Å². The first-order valence-electron chi connectivity index (χ1n) is 6.50. The standard InChI is InChI=1S/C14H17N3O4S/c1-19-9-4-7(5-10(20-2)12(9)21-3)11-8(6-15)13(18)17-14(22)16-11/h4-5,8,11,13,18H,1-3H3,(H2,16,17,22)/t8-,11+,13+/m1/s1. The highest BCUT2D eigenvalue weighted by atomic mass is 32.1. The molecule has 7 nitrogen and oxygen atoms in total. The molecule has 0 aliphatic carbocycles. The fourth-order valence-corrected chi connectivity index (χ4v) is 2.64. The van der Waals surface area contributed by atoms with Gasteiger partial charge in [0.15, 0.2) is 16.6 Å². The summed E-state index contributed by atoms with van der Waals surface area (Å²) in [7, 11) is 4.54. The molecule has 0 saturated carbocycles. The number of thiocarbonyl (C=S) groups is 1. The van der Waals surface area contributed by atoms with Gasteiger partial charge in [-0.05, 0) is 29.9 Å². The van der Waals surface area contributed by atoms with Crippen molar-refractivity contribution < 1.29 is 19.3 Å². The van der Waals surface area contributed by atoms with Crippen LogP contribution in [0.5, 0.6) is 17.2 Å². The number of rotatable bonds is 4. The summed E-state index contributed by atoms with van der Waals surface area (Å²) in [5, 5.41) is 25.2. The Balaban J connectivity index is 2.50. The molecule has 0 bridgehead atoms. The van der Waals surface area contributed by atoms with Crippen LogP contribution in [0.2, 0.25) is 0 Å². The molecule has 8 heteroatoms. The molecule has 22 heavy (non-hydrogen) atoms. The van der Waals surface area contributed by atoms with Gasteiger partial charge in [0.05, 0.1) is 33.4 Å². The number of aliphatic hydroxyl groups excluding tert-OH is 1. The van der Waals surface area contributed by atoms with Crippen molar-refractivity contribution in [1.29, 1.82) is 5.26 Å². The molecule has 1 saturated heterocycles. The topological polar surface area (TPSA) is 95.8 Å². The highest BCUT2D eigenvalue weighted by Gasteiger charge is 2.36. The second kappa shape index (κ2) is 6.68. The van der Waals surface area contributed by atoms with Crippen molar-refractivity contribution in [3.8, 4) is 23.3 Å². The molecular formula is C14H17N3O4S. The first-order chi connectivity index (χ1) is 10.5. The monoisotopic (exact) mass is 323 g/mol. The Hall–Kier alpha value is -2.24. The number of hydrogen-bond acceptors (Lipinski definition) is 6. The third-order valence-electron chi connectivity index (χ3n) is 3.46. The summed E-state index contributed by atoms with van der Waals surface area (Å²) in [5.41, 5.74) is 0.698. The summed E-state index contributed by atoms with van der Waals surface area (Å²) in [6.45, 7) is 0. The van der Waals surface area contributed by atoms with Crippen LogP contribution in [0.15, 0.2) is 12.1 Å². The summed E-state index contributed by atoms with van der Waals surface area (Å²) >= 11 is 5.05. The Morgan fingerprint density at radius 1 is 1.14 bits per heavy atom. The molecule has 1 aromatic carbocycles.